The third-order valence-electron chi connectivity index (χ3n) is 2.40. The van der Waals surface area contributed by atoms with Crippen molar-refractivity contribution in [1.29, 1.82) is 0 Å². The highest BCUT2D eigenvalue weighted by molar-refractivity contribution is 9.10. The van der Waals surface area contributed by atoms with Crippen molar-refractivity contribution < 1.29 is 18.3 Å². The summed E-state index contributed by atoms with van der Waals surface area (Å²) in [5.74, 6) is 0. The van der Waals surface area contributed by atoms with Crippen LogP contribution in [0.1, 0.15) is 6.42 Å². The number of rotatable bonds is 7. The van der Waals surface area contributed by atoms with Crippen LogP contribution in [0, 0.1) is 0 Å². The van der Waals surface area contributed by atoms with Crippen LogP contribution in [0.15, 0.2) is 27.6 Å². The highest BCUT2D eigenvalue weighted by Gasteiger charge is 2.22. The summed E-state index contributed by atoms with van der Waals surface area (Å²) < 4.78 is 32.2. The predicted molar refractivity (Wildman–Crippen MR) is 76.8 cm³/mol. The van der Waals surface area contributed by atoms with Gasteiger partial charge < -0.3 is 9.84 Å². The molecule has 0 saturated heterocycles. The van der Waals surface area contributed by atoms with E-state index >= 15 is 0 Å². The maximum Gasteiger partial charge on any atom is 0.242 e. The van der Waals surface area contributed by atoms with E-state index in [4.69, 9.17) is 21.4 Å². The molecule has 0 bridgehead atoms. The Hall–Kier alpha value is -0.180. The van der Waals surface area contributed by atoms with Gasteiger partial charge in [0.1, 0.15) is 4.90 Å². The van der Waals surface area contributed by atoms with Gasteiger partial charge in [-0.1, -0.05) is 27.5 Å². The molecule has 5 nitrogen and oxygen atoms in total. The molecule has 1 rings (SSSR count). The molecule has 1 atom stereocenters. The molecule has 0 heterocycles. The zero-order valence-electron chi connectivity index (χ0n) is 10.3. The van der Waals surface area contributed by atoms with Crippen LogP contribution in [0.4, 0.5) is 0 Å². The molecule has 0 aromatic heterocycles. The van der Waals surface area contributed by atoms with E-state index in [0.29, 0.717) is 17.5 Å². The minimum atomic E-state index is -3.77. The molecule has 108 valence electrons. The van der Waals surface area contributed by atoms with Gasteiger partial charge in [0, 0.05) is 24.2 Å². The molecule has 0 amide bonds. The van der Waals surface area contributed by atoms with Crippen LogP contribution in [0.3, 0.4) is 0 Å². The Balaban J connectivity index is 2.90. The van der Waals surface area contributed by atoms with Crippen molar-refractivity contribution in [3.8, 4) is 0 Å². The molecule has 8 heteroatoms. The minimum absolute atomic E-state index is 0.0202. The number of methoxy groups -OCH3 is 1. The van der Waals surface area contributed by atoms with E-state index in [9.17, 15) is 8.42 Å². The van der Waals surface area contributed by atoms with E-state index < -0.39 is 16.1 Å². The summed E-state index contributed by atoms with van der Waals surface area (Å²) in [4.78, 5) is -0.0202. The van der Waals surface area contributed by atoms with E-state index in [-0.39, 0.29) is 16.5 Å². The molecule has 0 aliphatic carbocycles. The van der Waals surface area contributed by atoms with Crippen LogP contribution < -0.4 is 4.72 Å². The molecule has 1 aromatic rings. The van der Waals surface area contributed by atoms with E-state index in [1.54, 1.807) is 6.07 Å². The van der Waals surface area contributed by atoms with E-state index in [1.807, 2.05) is 0 Å². The van der Waals surface area contributed by atoms with Crippen molar-refractivity contribution in [3.63, 3.8) is 0 Å². The van der Waals surface area contributed by atoms with Crippen molar-refractivity contribution in [2.24, 2.45) is 0 Å². The third-order valence-corrected chi connectivity index (χ3v) is 4.89. The summed E-state index contributed by atoms with van der Waals surface area (Å²) in [5, 5.41) is 9.27. The second-order valence-corrected chi connectivity index (χ2v) is 6.86. The average molecular weight is 373 g/mol. The largest absolute Gasteiger partial charge is 0.395 e. The maximum absolute atomic E-state index is 12.1. The smallest absolute Gasteiger partial charge is 0.242 e. The van der Waals surface area contributed by atoms with Gasteiger partial charge in [-0.15, -0.1) is 0 Å². The molecular formula is C11H15BrClNO4S. The highest BCUT2D eigenvalue weighted by atomic mass is 79.9. The van der Waals surface area contributed by atoms with Gasteiger partial charge in [0.25, 0.3) is 0 Å². The monoisotopic (exact) mass is 371 g/mol. The van der Waals surface area contributed by atoms with Crippen LogP contribution >= 0.6 is 27.5 Å². The first-order valence-electron chi connectivity index (χ1n) is 5.48. The standard InChI is InChI=1S/C11H15BrClNO4S/c1-18-5-4-9(7-15)14-19(16,17)11-3-2-8(12)6-10(11)13/h2-3,6,9,14-15H,4-5,7H2,1H3. The quantitative estimate of drug-likeness (QED) is 0.765. The first-order chi connectivity index (χ1) is 8.90. The lowest BCUT2D eigenvalue weighted by atomic mass is 10.2. The third kappa shape index (κ3) is 5.02. The van der Waals surface area contributed by atoms with Crippen molar-refractivity contribution in [2.75, 3.05) is 20.3 Å². The van der Waals surface area contributed by atoms with Crippen LogP contribution in [0.2, 0.25) is 5.02 Å². The predicted octanol–water partition coefficient (Wildman–Crippen LogP) is 1.78. The van der Waals surface area contributed by atoms with Gasteiger partial charge in [0.15, 0.2) is 0 Å². The second-order valence-electron chi connectivity index (χ2n) is 3.86. The Morgan fingerprint density at radius 1 is 1.53 bits per heavy atom. The number of aliphatic hydroxyl groups is 1. The molecule has 2 N–H and O–H groups in total. The topological polar surface area (TPSA) is 75.6 Å². The van der Waals surface area contributed by atoms with Gasteiger partial charge >= 0.3 is 0 Å². The molecule has 0 radical (unpaired) electrons. The lowest BCUT2D eigenvalue weighted by Gasteiger charge is -2.16. The fraction of sp³-hybridized carbons (Fsp3) is 0.455. The number of hydrogen-bond donors (Lipinski definition) is 2. The van der Waals surface area contributed by atoms with Gasteiger partial charge in [-0.2, -0.15) is 0 Å². The van der Waals surface area contributed by atoms with E-state index in [2.05, 4.69) is 20.7 Å². The molecule has 0 aliphatic heterocycles. The summed E-state index contributed by atoms with van der Waals surface area (Å²) in [5.41, 5.74) is 0. The summed E-state index contributed by atoms with van der Waals surface area (Å²) in [7, 11) is -2.26. The Labute approximate surface area is 126 Å². The minimum Gasteiger partial charge on any atom is -0.395 e. The Kier molecular flexibility index (Phi) is 6.72. The Morgan fingerprint density at radius 2 is 2.21 bits per heavy atom. The maximum atomic E-state index is 12.1. The first kappa shape index (κ1) is 16.9. The zero-order chi connectivity index (χ0) is 14.5. The second kappa shape index (κ2) is 7.56. The summed E-state index contributed by atoms with van der Waals surface area (Å²) in [6.45, 7) is 0.0402. The SMILES string of the molecule is COCCC(CO)NS(=O)(=O)c1ccc(Br)cc1Cl. The number of sulfonamides is 1. The van der Waals surface area contributed by atoms with Gasteiger partial charge in [-0.25, -0.2) is 13.1 Å². The van der Waals surface area contributed by atoms with E-state index in [1.165, 1.54) is 19.2 Å². The number of hydrogen-bond acceptors (Lipinski definition) is 4. The van der Waals surface area contributed by atoms with Crippen molar-refractivity contribution in [2.45, 2.75) is 17.4 Å². The molecule has 1 aromatic carbocycles. The molecule has 0 aliphatic rings. The van der Waals surface area contributed by atoms with Crippen molar-refractivity contribution in [1.82, 2.24) is 4.72 Å². The summed E-state index contributed by atoms with van der Waals surface area (Å²) in [6, 6.07) is 3.88. The lowest BCUT2D eigenvalue weighted by Crippen LogP contribution is -2.38. The van der Waals surface area contributed by atoms with Crippen LogP contribution in [-0.2, 0) is 14.8 Å². The summed E-state index contributed by atoms with van der Waals surface area (Å²) >= 11 is 9.11. The number of halogens is 2. The number of ether oxygens (including phenoxy) is 1. The van der Waals surface area contributed by atoms with Crippen molar-refractivity contribution >= 4 is 37.6 Å². The zero-order valence-corrected chi connectivity index (χ0v) is 13.4. The van der Waals surface area contributed by atoms with Gasteiger partial charge in [-0.3, -0.25) is 0 Å². The van der Waals surface area contributed by atoms with Crippen molar-refractivity contribution in [3.05, 3.63) is 27.7 Å². The number of aliphatic hydroxyl groups excluding tert-OH is 1. The molecule has 19 heavy (non-hydrogen) atoms. The van der Waals surface area contributed by atoms with E-state index in [0.717, 1.165) is 0 Å². The average Bonchev–Trinajstić information content (AvgIpc) is 2.33. The number of nitrogens with one attached hydrogen (secondary N) is 1. The fourth-order valence-corrected chi connectivity index (χ4v) is 3.72. The lowest BCUT2D eigenvalue weighted by molar-refractivity contribution is 0.166. The molecular weight excluding hydrogens is 358 g/mol. The molecule has 0 saturated carbocycles. The summed E-state index contributed by atoms with van der Waals surface area (Å²) in [6.07, 6.45) is 0.375. The Morgan fingerprint density at radius 3 is 2.74 bits per heavy atom. The van der Waals surface area contributed by atoms with Crippen LogP contribution in [-0.4, -0.2) is 39.9 Å². The normalized spacial score (nSPS) is 13.5. The number of benzene rings is 1. The van der Waals surface area contributed by atoms with Crippen LogP contribution in [0.25, 0.3) is 0 Å². The van der Waals surface area contributed by atoms with Gasteiger partial charge in [0.05, 0.1) is 11.6 Å². The molecule has 1 unspecified atom stereocenters. The van der Waals surface area contributed by atoms with Gasteiger partial charge in [-0.05, 0) is 24.6 Å². The molecule has 0 fully saturated rings. The van der Waals surface area contributed by atoms with Gasteiger partial charge in [0.2, 0.25) is 10.0 Å². The molecule has 0 spiro atoms. The highest BCUT2D eigenvalue weighted by Crippen LogP contribution is 2.25. The first-order valence-corrected chi connectivity index (χ1v) is 8.13. The fourth-order valence-electron chi connectivity index (χ4n) is 1.42. The Bertz CT molecular complexity index is 523. The van der Waals surface area contributed by atoms with Crippen LogP contribution in [0.5, 0.6) is 0 Å².